The van der Waals surface area contributed by atoms with Crippen molar-refractivity contribution in [1.82, 2.24) is 4.98 Å². The summed E-state index contributed by atoms with van der Waals surface area (Å²) in [5.41, 5.74) is 6.11. The Labute approximate surface area is 102 Å². The summed E-state index contributed by atoms with van der Waals surface area (Å²) in [5, 5.41) is 7.35. The van der Waals surface area contributed by atoms with E-state index in [0.29, 0.717) is 17.5 Å². The molecule has 2 heterocycles. The van der Waals surface area contributed by atoms with Gasteiger partial charge in [-0.05, 0) is 37.8 Å². The van der Waals surface area contributed by atoms with Gasteiger partial charge in [-0.15, -0.1) is 0 Å². The maximum atomic E-state index is 7.35. The van der Waals surface area contributed by atoms with Crippen molar-refractivity contribution >= 4 is 11.7 Å². The minimum Gasteiger partial charge on any atom is -0.384 e. The van der Waals surface area contributed by atoms with Crippen LogP contribution in [0.1, 0.15) is 32.3 Å². The Balaban J connectivity index is 2.19. The predicted octanol–water partition coefficient (Wildman–Crippen LogP) is 1.99. The molecular formula is C13H20N4. The SMILES string of the molecule is CC1CCCN(c2ccc(C(=N)N)cn2)C1C. The van der Waals surface area contributed by atoms with Gasteiger partial charge in [0.25, 0.3) is 0 Å². The van der Waals surface area contributed by atoms with Crippen LogP contribution in [0, 0.1) is 11.3 Å². The highest BCUT2D eigenvalue weighted by molar-refractivity contribution is 5.94. The molecule has 0 aromatic carbocycles. The molecule has 1 aromatic rings. The number of nitrogens with two attached hydrogens (primary N) is 1. The highest BCUT2D eigenvalue weighted by atomic mass is 15.2. The van der Waals surface area contributed by atoms with Gasteiger partial charge < -0.3 is 10.6 Å². The maximum Gasteiger partial charge on any atom is 0.128 e. The molecule has 4 nitrogen and oxygen atoms in total. The fourth-order valence-corrected chi connectivity index (χ4v) is 2.37. The molecule has 1 saturated heterocycles. The quantitative estimate of drug-likeness (QED) is 0.605. The summed E-state index contributed by atoms with van der Waals surface area (Å²) in [6, 6.07) is 4.36. The Kier molecular flexibility index (Phi) is 3.31. The molecule has 0 spiro atoms. The minimum atomic E-state index is 0.0733. The number of nitrogens with one attached hydrogen (secondary N) is 1. The van der Waals surface area contributed by atoms with E-state index in [9.17, 15) is 0 Å². The summed E-state index contributed by atoms with van der Waals surface area (Å²) in [6.45, 7) is 5.61. The van der Waals surface area contributed by atoms with Crippen LogP contribution in [-0.4, -0.2) is 23.4 Å². The first-order valence-electron chi connectivity index (χ1n) is 6.16. The van der Waals surface area contributed by atoms with Crippen molar-refractivity contribution < 1.29 is 0 Å². The lowest BCUT2D eigenvalue weighted by atomic mass is 9.92. The highest BCUT2D eigenvalue weighted by Crippen LogP contribution is 2.26. The number of rotatable bonds is 2. The molecule has 0 radical (unpaired) electrons. The molecule has 1 aliphatic heterocycles. The summed E-state index contributed by atoms with van der Waals surface area (Å²) < 4.78 is 0. The molecule has 0 amide bonds. The van der Waals surface area contributed by atoms with E-state index in [1.165, 1.54) is 12.8 Å². The largest absolute Gasteiger partial charge is 0.384 e. The van der Waals surface area contributed by atoms with Crippen LogP contribution in [0.3, 0.4) is 0 Å². The average molecular weight is 232 g/mol. The first kappa shape index (κ1) is 11.9. The van der Waals surface area contributed by atoms with Gasteiger partial charge in [-0.1, -0.05) is 6.92 Å². The smallest absolute Gasteiger partial charge is 0.128 e. The Hall–Kier alpha value is -1.58. The molecule has 0 bridgehead atoms. The summed E-state index contributed by atoms with van der Waals surface area (Å²) >= 11 is 0. The molecule has 2 atom stereocenters. The fourth-order valence-electron chi connectivity index (χ4n) is 2.37. The second-order valence-electron chi connectivity index (χ2n) is 4.87. The Morgan fingerprint density at radius 3 is 2.82 bits per heavy atom. The fraction of sp³-hybridized carbons (Fsp3) is 0.538. The number of hydrogen-bond donors (Lipinski definition) is 2. The van der Waals surface area contributed by atoms with E-state index >= 15 is 0 Å². The number of nitrogen functional groups attached to an aromatic ring is 1. The third kappa shape index (κ3) is 2.40. The van der Waals surface area contributed by atoms with Crippen LogP contribution in [0.2, 0.25) is 0 Å². The highest BCUT2D eigenvalue weighted by Gasteiger charge is 2.25. The van der Waals surface area contributed by atoms with E-state index in [-0.39, 0.29) is 5.84 Å². The van der Waals surface area contributed by atoms with Crippen LogP contribution in [0.25, 0.3) is 0 Å². The van der Waals surface area contributed by atoms with E-state index in [1.807, 2.05) is 12.1 Å². The van der Waals surface area contributed by atoms with Gasteiger partial charge in [0.15, 0.2) is 0 Å². The zero-order valence-corrected chi connectivity index (χ0v) is 10.5. The predicted molar refractivity (Wildman–Crippen MR) is 70.5 cm³/mol. The number of aromatic nitrogens is 1. The topological polar surface area (TPSA) is 66.0 Å². The van der Waals surface area contributed by atoms with Gasteiger partial charge in [-0.2, -0.15) is 0 Å². The monoisotopic (exact) mass is 232 g/mol. The molecule has 92 valence electrons. The molecule has 2 unspecified atom stereocenters. The van der Waals surface area contributed by atoms with Crippen LogP contribution >= 0.6 is 0 Å². The zero-order valence-electron chi connectivity index (χ0n) is 10.5. The molecule has 4 heteroatoms. The molecule has 3 N–H and O–H groups in total. The lowest BCUT2D eigenvalue weighted by Gasteiger charge is -2.38. The number of nitrogens with zero attached hydrogens (tertiary/aromatic N) is 2. The van der Waals surface area contributed by atoms with Gasteiger partial charge in [0, 0.05) is 24.3 Å². The lowest BCUT2D eigenvalue weighted by Crippen LogP contribution is -2.42. The lowest BCUT2D eigenvalue weighted by molar-refractivity contribution is 0.361. The van der Waals surface area contributed by atoms with Crippen LogP contribution in [0.4, 0.5) is 5.82 Å². The molecule has 1 aromatic heterocycles. The van der Waals surface area contributed by atoms with Gasteiger partial charge in [-0.25, -0.2) is 4.98 Å². The van der Waals surface area contributed by atoms with Gasteiger partial charge in [-0.3, -0.25) is 5.41 Å². The molecule has 0 saturated carbocycles. The van der Waals surface area contributed by atoms with Gasteiger partial charge in [0.05, 0.1) is 0 Å². The molecule has 1 fully saturated rings. The van der Waals surface area contributed by atoms with Gasteiger partial charge in [0.2, 0.25) is 0 Å². The van der Waals surface area contributed by atoms with Crippen molar-refractivity contribution in [3.8, 4) is 0 Å². The summed E-state index contributed by atoms with van der Waals surface area (Å²) in [7, 11) is 0. The first-order valence-corrected chi connectivity index (χ1v) is 6.16. The number of anilines is 1. The molecule has 0 aliphatic carbocycles. The Bertz CT molecular complexity index is 398. The average Bonchev–Trinajstić information content (AvgIpc) is 2.33. The molecule has 1 aliphatic rings. The summed E-state index contributed by atoms with van der Waals surface area (Å²) in [6.07, 6.45) is 4.20. The second-order valence-corrected chi connectivity index (χ2v) is 4.87. The second kappa shape index (κ2) is 4.73. The van der Waals surface area contributed by atoms with Crippen molar-refractivity contribution in [1.29, 1.82) is 5.41 Å². The third-order valence-corrected chi connectivity index (χ3v) is 3.73. The van der Waals surface area contributed by atoms with E-state index in [0.717, 1.165) is 12.4 Å². The van der Waals surface area contributed by atoms with Gasteiger partial charge in [0.1, 0.15) is 11.7 Å². The summed E-state index contributed by atoms with van der Waals surface area (Å²) in [4.78, 5) is 6.76. The third-order valence-electron chi connectivity index (χ3n) is 3.73. The molecular weight excluding hydrogens is 212 g/mol. The van der Waals surface area contributed by atoms with E-state index in [4.69, 9.17) is 11.1 Å². The van der Waals surface area contributed by atoms with E-state index < -0.39 is 0 Å². The maximum absolute atomic E-state index is 7.35. The number of amidine groups is 1. The molecule has 2 rings (SSSR count). The van der Waals surface area contributed by atoms with Crippen molar-refractivity contribution in [2.24, 2.45) is 11.7 Å². The van der Waals surface area contributed by atoms with Crippen LogP contribution in [0.5, 0.6) is 0 Å². The van der Waals surface area contributed by atoms with Crippen molar-refractivity contribution in [2.75, 3.05) is 11.4 Å². The minimum absolute atomic E-state index is 0.0733. The van der Waals surface area contributed by atoms with Crippen molar-refractivity contribution in [3.05, 3.63) is 23.9 Å². The van der Waals surface area contributed by atoms with Gasteiger partial charge >= 0.3 is 0 Å². The first-order chi connectivity index (χ1) is 8.09. The van der Waals surface area contributed by atoms with Crippen LogP contribution in [-0.2, 0) is 0 Å². The standard InChI is InChI=1S/C13H20N4/c1-9-4-3-7-17(10(9)2)12-6-5-11(8-16-12)13(14)15/h5-6,8-10H,3-4,7H2,1-2H3,(H3,14,15). The normalized spacial score (nSPS) is 24.7. The number of piperidine rings is 1. The van der Waals surface area contributed by atoms with Crippen molar-refractivity contribution in [2.45, 2.75) is 32.7 Å². The van der Waals surface area contributed by atoms with E-state index in [2.05, 4.69) is 23.7 Å². The molecule has 17 heavy (non-hydrogen) atoms. The zero-order chi connectivity index (χ0) is 12.4. The number of pyridine rings is 1. The van der Waals surface area contributed by atoms with E-state index in [1.54, 1.807) is 6.20 Å². The van der Waals surface area contributed by atoms with Crippen LogP contribution < -0.4 is 10.6 Å². The number of hydrogen-bond acceptors (Lipinski definition) is 3. The van der Waals surface area contributed by atoms with Crippen molar-refractivity contribution in [3.63, 3.8) is 0 Å². The Morgan fingerprint density at radius 1 is 1.47 bits per heavy atom. The Morgan fingerprint density at radius 2 is 2.24 bits per heavy atom. The van der Waals surface area contributed by atoms with Crippen LogP contribution in [0.15, 0.2) is 18.3 Å². The summed E-state index contributed by atoms with van der Waals surface area (Å²) in [5.74, 6) is 1.77.